The Hall–Kier alpha value is -2.04. The van der Waals surface area contributed by atoms with Crippen molar-refractivity contribution in [1.82, 2.24) is 4.98 Å². The SMILES string of the molecule is ON=C1CCN(c2nc3ccccc3o2)CC1. The Balaban J connectivity index is 1.85. The number of aromatic nitrogens is 1. The number of hydrogen-bond donors (Lipinski definition) is 1. The summed E-state index contributed by atoms with van der Waals surface area (Å²) >= 11 is 0. The summed E-state index contributed by atoms with van der Waals surface area (Å²) in [6, 6.07) is 8.39. The zero-order chi connectivity index (χ0) is 11.7. The summed E-state index contributed by atoms with van der Waals surface area (Å²) < 4.78 is 5.69. The standard InChI is InChI=1S/C12H13N3O2/c16-14-9-5-7-15(8-6-9)12-13-10-3-1-2-4-11(10)17-12/h1-4,16H,5-8H2. The summed E-state index contributed by atoms with van der Waals surface area (Å²) in [7, 11) is 0. The van der Waals surface area contributed by atoms with E-state index < -0.39 is 0 Å². The van der Waals surface area contributed by atoms with Crippen molar-refractivity contribution in [3.05, 3.63) is 24.3 Å². The lowest BCUT2D eigenvalue weighted by Crippen LogP contribution is -2.34. The molecular weight excluding hydrogens is 218 g/mol. The van der Waals surface area contributed by atoms with Gasteiger partial charge in [0.15, 0.2) is 5.58 Å². The lowest BCUT2D eigenvalue weighted by molar-refractivity contribution is 0.315. The summed E-state index contributed by atoms with van der Waals surface area (Å²) in [6.07, 6.45) is 1.52. The monoisotopic (exact) mass is 231 g/mol. The molecule has 0 radical (unpaired) electrons. The lowest BCUT2D eigenvalue weighted by Gasteiger charge is -2.25. The number of rotatable bonds is 1. The minimum Gasteiger partial charge on any atom is -0.423 e. The second-order valence-electron chi connectivity index (χ2n) is 4.12. The van der Waals surface area contributed by atoms with E-state index in [0.717, 1.165) is 42.7 Å². The van der Waals surface area contributed by atoms with Crippen LogP contribution < -0.4 is 4.90 Å². The largest absolute Gasteiger partial charge is 0.423 e. The van der Waals surface area contributed by atoms with Gasteiger partial charge in [0.25, 0.3) is 6.01 Å². The van der Waals surface area contributed by atoms with E-state index in [9.17, 15) is 0 Å². The highest BCUT2D eigenvalue weighted by molar-refractivity contribution is 5.86. The molecule has 0 atom stereocenters. The number of nitrogens with zero attached hydrogens (tertiary/aromatic N) is 3. The van der Waals surface area contributed by atoms with Crippen molar-refractivity contribution in [2.45, 2.75) is 12.8 Å². The molecule has 1 aliphatic rings. The Morgan fingerprint density at radius 3 is 2.71 bits per heavy atom. The molecule has 3 rings (SSSR count). The van der Waals surface area contributed by atoms with Gasteiger partial charge in [0.1, 0.15) is 5.52 Å². The van der Waals surface area contributed by atoms with E-state index >= 15 is 0 Å². The van der Waals surface area contributed by atoms with Gasteiger partial charge in [0.05, 0.1) is 5.71 Å². The van der Waals surface area contributed by atoms with Crippen molar-refractivity contribution in [3.8, 4) is 0 Å². The van der Waals surface area contributed by atoms with Crippen LogP contribution in [0.25, 0.3) is 11.1 Å². The third-order valence-electron chi connectivity index (χ3n) is 3.04. The molecule has 1 aromatic carbocycles. The first-order chi connectivity index (χ1) is 8.36. The maximum atomic E-state index is 8.69. The Bertz CT molecular complexity index is 519. The summed E-state index contributed by atoms with van der Waals surface area (Å²) in [6.45, 7) is 1.57. The van der Waals surface area contributed by atoms with Crippen LogP contribution in [0.15, 0.2) is 33.8 Å². The maximum absolute atomic E-state index is 8.69. The number of oxime groups is 1. The molecule has 5 heteroatoms. The Morgan fingerprint density at radius 2 is 2.00 bits per heavy atom. The van der Waals surface area contributed by atoms with E-state index in [0.29, 0.717) is 6.01 Å². The van der Waals surface area contributed by atoms with Crippen LogP contribution in [0.5, 0.6) is 0 Å². The molecule has 1 N–H and O–H groups in total. The highest BCUT2D eigenvalue weighted by Crippen LogP contribution is 2.23. The molecule has 5 nitrogen and oxygen atoms in total. The quantitative estimate of drug-likeness (QED) is 0.604. The lowest BCUT2D eigenvalue weighted by atomic mass is 10.1. The van der Waals surface area contributed by atoms with E-state index in [1.807, 2.05) is 24.3 Å². The van der Waals surface area contributed by atoms with Crippen LogP contribution in [0.3, 0.4) is 0 Å². The Kier molecular flexibility index (Phi) is 2.44. The van der Waals surface area contributed by atoms with E-state index in [2.05, 4.69) is 15.0 Å². The number of anilines is 1. The van der Waals surface area contributed by atoms with Crippen molar-refractivity contribution in [2.24, 2.45) is 5.16 Å². The number of fused-ring (bicyclic) bond motifs is 1. The minimum atomic E-state index is 0.656. The molecule has 2 heterocycles. The highest BCUT2D eigenvalue weighted by Gasteiger charge is 2.19. The van der Waals surface area contributed by atoms with E-state index in [-0.39, 0.29) is 0 Å². The zero-order valence-corrected chi connectivity index (χ0v) is 9.33. The first-order valence-electron chi connectivity index (χ1n) is 5.67. The van der Waals surface area contributed by atoms with Gasteiger partial charge < -0.3 is 14.5 Å². The van der Waals surface area contributed by atoms with Crippen molar-refractivity contribution < 1.29 is 9.62 Å². The third-order valence-corrected chi connectivity index (χ3v) is 3.04. The fourth-order valence-electron chi connectivity index (χ4n) is 2.05. The molecule has 1 aromatic heterocycles. The summed E-state index contributed by atoms with van der Waals surface area (Å²) in [5, 5.41) is 11.9. The molecule has 0 bridgehead atoms. The molecule has 0 saturated carbocycles. The maximum Gasteiger partial charge on any atom is 0.298 e. The fourth-order valence-corrected chi connectivity index (χ4v) is 2.05. The number of oxazole rings is 1. The molecule has 2 aromatic rings. The molecule has 1 fully saturated rings. The molecule has 1 aliphatic heterocycles. The van der Waals surface area contributed by atoms with Crippen LogP contribution in [0.1, 0.15) is 12.8 Å². The number of piperidine rings is 1. The molecule has 0 spiro atoms. The highest BCUT2D eigenvalue weighted by atomic mass is 16.4. The van der Waals surface area contributed by atoms with E-state index in [4.69, 9.17) is 9.62 Å². The van der Waals surface area contributed by atoms with Crippen LogP contribution >= 0.6 is 0 Å². The van der Waals surface area contributed by atoms with Crippen LogP contribution in [0.2, 0.25) is 0 Å². The molecule has 1 saturated heterocycles. The van der Waals surface area contributed by atoms with Crippen molar-refractivity contribution in [1.29, 1.82) is 0 Å². The molecular formula is C12H13N3O2. The van der Waals surface area contributed by atoms with Gasteiger partial charge in [0.2, 0.25) is 0 Å². The van der Waals surface area contributed by atoms with Gasteiger partial charge in [-0.15, -0.1) is 0 Å². The first kappa shape index (κ1) is 10.1. The van der Waals surface area contributed by atoms with Crippen LogP contribution in [-0.4, -0.2) is 29.0 Å². The number of para-hydroxylation sites is 2. The van der Waals surface area contributed by atoms with Gasteiger partial charge in [-0.2, -0.15) is 4.98 Å². The minimum absolute atomic E-state index is 0.656. The van der Waals surface area contributed by atoms with Crippen molar-refractivity contribution >= 4 is 22.8 Å². The van der Waals surface area contributed by atoms with Gasteiger partial charge in [-0.05, 0) is 12.1 Å². The third kappa shape index (κ3) is 1.84. The van der Waals surface area contributed by atoms with E-state index in [1.54, 1.807) is 0 Å². The smallest absolute Gasteiger partial charge is 0.298 e. The number of benzene rings is 1. The first-order valence-corrected chi connectivity index (χ1v) is 5.67. The van der Waals surface area contributed by atoms with Crippen LogP contribution in [-0.2, 0) is 0 Å². The second kappa shape index (κ2) is 4.08. The molecule has 17 heavy (non-hydrogen) atoms. The molecule has 0 amide bonds. The summed E-state index contributed by atoms with van der Waals surface area (Å²) in [5.41, 5.74) is 2.53. The van der Waals surface area contributed by atoms with Gasteiger partial charge in [-0.3, -0.25) is 0 Å². The summed E-state index contributed by atoms with van der Waals surface area (Å²) in [4.78, 5) is 6.52. The second-order valence-corrected chi connectivity index (χ2v) is 4.12. The Labute approximate surface area is 98.3 Å². The van der Waals surface area contributed by atoms with Gasteiger partial charge in [-0.25, -0.2) is 0 Å². The van der Waals surface area contributed by atoms with Gasteiger partial charge in [0, 0.05) is 25.9 Å². The summed E-state index contributed by atoms with van der Waals surface area (Å²) in [5.74, 6) is 0. The van der Waals surface area contributed by atoms with Crippen LogP contribution in [0, 0.1) is 0 Å². The average molecular weight is 231 g/mol. The Morgan fingerprint density at radius 1 is 1.24 bits per heavy atom. The average Bonchev–Trinajstić information content (AvgIpc) is 2.82. The van der Waals surface area contributed by atoms with Crippen molar-refractivity contribution in [3.63, 3.8) is 0 Å². The van der Waals surface area contributed by atoms with Crippen molar-refractivity contribution in [2.75, 3.05) is 18.0 Å². The molecule has 0 unspecified atom stereocenters. The number of hydrogen-bond acceptors (Lipinski definition) is 5. The van der Waals surface area contributed by atoms with E-state index in [1.165, 1.54) is 0 Å². The van der Waals surface area contributed by atoms with Gasteiger partial charge in [-0.1, -0.05) is 17.3 Å². The predicted octanol–water partition coefficient (Wildman–Crippen LogP) is 2.26. The van der Waals surface area contributed by atoms with Gasteiger partial charge >= 0.3 is 0 Å². The molecule has 88 valence electrons. The zero-order valence-electron chi connectivity index (χ0n) is 9.33. The normalized spacial score (nSPS) is 16.5. The van der Waals surface area contributed by atoms with Crippen LogP contribution in [0.4, 0.5) is 6.01 Å². The fraction of sp³-hybridized carbons (Fsp3) is 0.333. The predicted molar refractivity (Wildman–Crippen MR) is 64.7 cm³/mol. The topological polar surface area (TPSA) is 61.9 Å². The molecule has 0 aliphatic carbocycles.